The van der Waals surface area contributed by atoms with Crippen molar-refractivity contribution in [2.75, 3.05) is 38.7 Å². The summed E-state index contributed by atoms with van der Waals surface area (Å²) in [6.45, 7) is 7.26. The van der Waals surface area contributed by atoms with Crippen LogP contribution in [0.4, 0.5) is 18.9 Å². The number of nitrogens with one attached hydrogen (secondary N) is 1. The first-order valence-corrected chi connectivity index (χ1v) is 17.2. The van der Waals surface area contributed by atoms with E-state index in [0.29, 0.717) is 19.4 Å². The molecule has 2 N–H and O–H groups in total. The summed E-state index contributed by atoms with van der Waals surface area (Å²) in [5.41, 5.74) is 1.11. The summed E-state index contributed by atoms with van der Waals surface area (Å²) in [6.07, 6.45) is -5.46. The fourth-order valence-electron chi connectivity index (χ4n) is 5.18. The van der Waals surface area contributed by atoms with E-state index in [9.17, 15) is 36.3 Å². The lowest BCUT2D eigenvalue weighted by Gasteiger charge is -2.35. The first-order chi connectivity index (χ1) is 22.0. The predicted octanol–water partition coefficient (Wildman–Crippen LogP) is 5.39. The van der Waals surface area contributed by atoms with Gasteiger partial charge in [-0.05, 0) is 70.4 Å². The summed E-state index contributed by atoms with van der Waals surface area (Å²) in [4.78, 5) is 28.0. The molecule has 0 saturated carbocycles. The summed E-state index contributed by atoms with van der Waals surface area (Å²) < 4.78 is 78.4. The Kier molecular flexibility index (Phi) is 13.6. The number of hydrogen-bond acceptors (Lipinski definition) is 7. The Labute approximate surface area is 275 Å². The van der Waals surface area contributed by atoms with Crippen molar-refractivity contribution in [1.82, 2.24) is 9.21 Å². The number of carbonyl (C=O) groups is 2. The number of anilines is 1. The van der Waals surface area contributed by atoms with Crippen LogP contribution in [-0.4, -0.2) is 92.3 Å². The van der Waals surface area contributed by atoms with Crippen molar-refractivity contribution in [3.8, 4) is 5.75 Å². The van der Waals surface area contributed by atoms with Crippen molar-refractivity contribution < 1.29 is 45.8 Å². The first-order valence-electron chi connectivity index (χ1n) is 15.8. The van der Waals surface area contributed by atoms with Crippen LogP contribution in [0.15, 0.2) is 47.4 Å². The first kappa shape index (κ1) is 38.2. The number of aryl methyl sites for hydroxylation is 1. The number of benzene rings is 2. The molecule has 0 saturated heterocycles. The molecule has 14 heteroatoms. The summed E-state index contributed by atoms with van der Waals surface area (Å²) >= 11 is 0. The van der Waals surface area contributed by atoms with Crippen LogP contribution in [0.2, 0.25) is 0 Å². The van der Waals surface area contributed by atoms with Crippen LogP contribution in [0.25, 0.3) is 0 Å². The molecule has 2 amide bonds. The Morgan fingerprint density at radius 3 is 2.47 bits per heavy atom. The van der Waals surface area contributed by atoms with E-state index in [2.05, 4.69) is 5.32 Å². The topological polar surface area (TPSA) is 125 Å². The van der Waals surface area contributed by atoms with Gasteiger partial charge in [-0.25, -0.2) is 8.42 Å². The van der Waals surface area contributed by atoms with Crippen molar-refractivity contribution >= 4 is 27.5 Å². The highest BCUT2D eigenvalue weighted by molar-refractivity contribution is 7.89. The Morgan fingerprint density at radius 1 is 1.15 bits per heavy atom. The van der Waals surface area contributed by atoms with Gasteiger partial charge in [-0.15, -0.1) is 0 Å². The van der Waals surface area contributed by atoms with Gasteiger partial charge in [0.2, 0.25) is 15.9 Å². The Balaban J connectivity index is 1.94. The molecule has 0 fully saturated rings. The average Bonchev–Trinajstić information content (AvgIpc) is 3.01. The molecule has 10 nitrogen and oxygen atoms in total. The second-order valence-electron chi connectivity index (χ2n) is 12.3. The van der Waals surface area contributed by atoms with Gasteiger partial charge in [-0.2, -0.15) is 17.5 Å². The molecule has 0 radical (unpaired) electrons. The van der Waals surface area contributed by atoms with Crippen molar-refractivity contribution in [2.45, 2.75) is 89.1 Å². The van der Waals surface area contributed by atoms with Crippen molar-refractivity contribution in [1.29, 1.82) is 0 Å². The summed E-state index contributed by atoms with van der Waals surface area (Å²) in [7, 11) is -2.36. The zero-order valence-corrected chi connectivity index (χ0v) is 28.4. The highest BCUT2D eigenvalue weighted by Gasteiger charge is 2.33. The van der Waals surface area contributed by atoms with Gasteiger partial charge in [0, 0.05) is 44.8 Å². The largest absolute Gasteiger partial charge is 0.490 e. The van der Waals surface area contributed by atoms with E-state index in [1.165, 1.54) is 34.5 Å². The molecule has 2 aromatic carbocycles. The number of alkyl halides is 3. The van der Waals surface area contributed by atoms with Gasteiger partial charge in [-0.1, -0.05) is 24.6 Å². The van der Waals surface area contributed by atoms with Crippen LogP contribution in [0.1, 0.15) is 68.8 Å². The number of rotatable bonds is 9. The Hall–Kier alpha value is -3.20. The van der Waals surface area contributed by atoms with Crippen LogP contribution in [0.3, 0.4) is 0 Å². The maximum absolute atomic E-state index is 14.2. The lowest BCUT2D eigenvalue weighted by molar-refractivity contribution is -0.142. The average molecular weight is 686 g/mol. The maximum Gasteiger partial charge on any atom is 0.389 e. The van der Waals surface area contributed by atoms with E-state index in [1.807, 2.05) is 20.8 Å². The van der Waals surface area contributed by atoms with E-state index in [1.54, 1.807) is 31.2 Å². The third-order valence-corrected chi connectivity index (χ3v) is 9.97. The number of nitrogens with zero attached hydrogens (tertiary/aromatic N) is 2. The molecule has 1 aliphatic rings. The lowest BCUT2D eigenvalue weighted by Crippen LogP contribution is -2.48. The van der Waals surface area contributed by atoms with Gasteiger partial charge in [0.25, 0.3) is 5.91 Å². The zero-order chi connectivity index (χ0) is 34.9. The minimum atomic E-state index is -4.49. The quantitative estimate of drug-likeness (QED) is 0.363. The van der Waals surface area contributed by atoms with Gasteiger partial charge in [-0.3, -0.25) is 9.59 Å². The minimum absolute atomic E-state index is 0.0110. The SMILES string of the molecule is Cc1ccc(S(=O)(=O)N(C)C[C@H]2OCCCC[C@@H](C)Oc3ccc(NC(=O)CCC(F)(F)F)cc3C(=O)N([C@H](C)CO)C[C@@H]2C)cc1. The fourth-order valence-corrected chi connectivity index (χ4v) is 6.37. The maximum atomic E-state index is 14.2. The lowest BCUT2D eigenvalue weighted by atomic mass is 10.0. The number of ether oxygens (including phenoxy) is 2. The number of amides is 2. The van der Waals surface area contributed by atoms with E-state index < -0.39 is 58.9 Å². The number of halogens is 3. The summed E-state index contributed by atoms with van der Waals surface area (Å²) in [6, 6.07) is 10.2. The van der Waals surface area contributed by atoms with Gasteiger partial charge >= 0.3 is 6.18 Å². The minimum Gasteiger partial charge on any atom is -0.490 e. The molecular formula is C33H46F3N3O7S. The fraction of sp³-hybridized carbons (Fsp3) is 0.576. The van der Waals surface area contributed by atoms with E-state index in [-0.39, 0.29) is 47.7 Å². The van der Waals surface area contributed by atoms with E-state index >= 15 is 0 Å². The molecule has 0 aliphatic carbocycles. The molecule has 0 bridgehead atoms. The molecule has 3 rings (SSSR count). The second kappa shape index (κ2) is 16.8. The zero-order valence-electron chi connectivity index (χ0n) is 27.5. The van der Waals surface area contributed by atoms with Crippen LogP contribution < -0.4 is 10.1 Å². The van der Waals surface area contributed by atoms with Crippen molar-refractivity contribution in [3.05, 3.63) is 53.6 Å². The highest BCUT2D eigenvalue weighted by atomic mass is 32.2. The molecule has 262 valence electrons. The molecule has 0 aromatic heterocycles. The third-order valence-electron chi connectivity index (χ3n) is 8.14. The monoisotopic (exact) mass is 685 g/mol. The molecule has 47 heavy (non-hydrogen) atoms. The standard InChI is InChI=1S/C33H46F3N3O7S/c1-22-9-12-27(13-10-22)47(43,44)38(5)20-30-23(2)19-39(24(3)21-40)32(42)28-18-26(37-31(41)15-16-33(34,35)36)11-14-29(28)46-25(4)8-6-7-17-45-30/h9-14,18,23-25,30,40H,6-8,15-17,19-21H2,1-5H3,(H,37,41)/t23-,24+,25+,30+/m0/s1. The Morgan fingerprint density at radius 2 is 1.83 bits per heavy atom. The van der Waals surface area contributed by atoms with E-state index in [0.717, 1.165) is 12.0 Å². The van der Waals surface area contributed by atoms with Gasteiger partial charge in [0.1, 0.15) is 5.75 Å². The number of fused-ring (bicyclic) bond motifs is 1. The number of aliphatic hydroxyl groups excluding tert-OH is 1. The number of aliphatic hydroxyl groups is 1. The number of hydrogen-bond donors (Lipinski definition) is 2. The van der Waals surface area contributed by atoms with Gasteiger partial charge in [0.05, 0.1) is 41.7 Å². The number of sulfonamides is 1. The molecule has 1 heterocycles. The van der Waals surface area contributed by atoms with E-state index in [4.69, 9.17) is 9.47 Å². The summed E-state index contributed by atoms with van der Waals surface area (Å²) in [5.74, 6) is -1.57. The van der Waals surface area contributed by atoms with Crippen LogP contribution in [-0.2, 0) is 19.6 Å². The smallest absolute Gasteiger partial charge is 0.389 e. The van der Waals surface area contributed by atoms with Gasteiger partial charge < -0.3 is 24.8 Å². The molecular weight excluding hydrogens is 639 g/mol. The van der Waals surface area contributed by atoms with Crippen LogP contribution in [0.5, 0.6) is 5.75 Å². The predicted molar refractivity (Wildman–Crippen MR) is 172 cm³/mol. The molecule has 0 unspecified atom stereocenters. The van der Waals surface area contributed by atoms with Crippen LogP contribution >= 0.6 is 0 Å². The third kappa shape index (κ3) is 11.2. The number of carbonyl (C=O) groups excluding carboxylic acids is 2. The highest BCUT2D eigenvalue weighted by Crippen LogP contribution is 2.29. The molecule has 2 aromatic rings. The normalized spacial score (nSPS) is 21.0. The second-order valence-corrected chi connectivity index (χ2v) is 14.3. The van der Waals surface area contributed by atoms with Crippen LogP contribution in [0, 0.1) is 12.8 Å². The van der Waals surface area contributed by atoms with Gasteiger partial charge in [0.15, 0.2) is 0 Å². The molecule has 4 atom stereocenters. The molecule has 1 aliphatic heterocycles. The summed E-state index contributed by atoms with van der Waals surface area (Å²) in [5, 5.41) is 12.6. The molecule has 0 spiro atoms. The van der Waals surface area contributed by atoms with Crippen molar-refractivity contribution in [2.24, 2.45) is 5.92 Å². The Bertz CT molecular complexity index is 1450. The van der Waals surface area contributed by atoms with Crippen molar-refractivity contribution in [3.63, 3.8) is 0 Å². The number of likely N-dealkylation sites (N-methyl/N-ethyl adjacent to an activating group) is 1.